The highest BCUT2D eigenvalue weighted by Crippen LogP contribution is 2.19. The van der Waals surface area contributed by atoms with Crippen molar-refractivity contribution in [2.24, 2.45) is 0 Å². The monoisotopic (exact) mass is 366 g/mol. The van der Waals surface area contributed by atoms with Gasteiger partial charge in [0.15, 0.2) is 0 Å². The fourth-order valence-electron chi connectivity index (χ4n) is 3.20. The van der Waals surface area contributed by atoms with E-state index in [4.69, 9.17) is 4.74 Å². The summed E-state index contributed by atoms with van der Waals surface area (Å²) in [5.41, 5.74) is 2.01. The number of nitrogens with zero attached hydrogens (tertiary/aromatic N) is 1. The van der Waals surface area contributed by atoms with Gasteiger partial charge in [-0.3, -0.25) is 9.59 Å². The molecule has 1 aliphatic heterocycles. The van der Waals surface area contributed by atoms with Crippen molar-refractivity contribution in [3.8, 4) is 0 Å². The highest BCUT2D eigenvalue weighted by Gasteiger charge is 2.26. The molecular formula is C22H26N2O3. The number of hydrogen-bond acceptors (Lipinski definition) is 3. The zero-order valence-corrected chi connectivity index (χ0v) is 15.6. The minimum Gasteiger partial charge on any atom is -0.364 e. The maximum Gasteiger partial charge on any atom is 0.249 e. The van der Waals surface area contributed by atoms with Gasteiger partial charge in [0.25, 0.3) is 0 Å². The number of hydrogen-bond donors (Lipinski definition) is 1. The Kier molecular flexibility index (Phi) is 6.60. The predicted octanol–water partition coefficient (Wildman–Crippen LogP) is 3.07. The molecule has 3 rings (SSSR count). The lowest BCUT2D eigenvalue weighted by Crippen LogP contribution is -2.42. The van der Waals surface area contributed by atoms with Crippen LogP contribution in [0.2, 0.25) is 0 Å². The van der Waals surface area contributed by atoms with Crippen molar-refractivity contribution in [1.82, 2.24) is 10.2 Å². The Morgan fingerprint density at radius 2 is 1.78 bits per heavy atom. The Morgan fingerprint density at radius 1 is 1.11 bits per heavy atom. The van der Waals surface area contributed by atoms with Crippen molar-refractivity contribution in [3.63, 3.8) is 0 Å². The molecule has 2 amide bonds. The van der Waals surface area contributed by atoms with Crippen LogP contribution in [-0.4, -0.2) is 35.9 Å². The quantitative estimate of drug-likeness (QED) is 0.781. The van der Waals surface area contributed by atoms with E-state index in [0.29, 0.717) is 19.6 Å². The zero-order chi connectivity index (χ0) is 19.1. The normalized spacial score (nSPS) is 16.2. The molecule has 5 nitrogen and oxygen atoms in total. The van der Waals surface area contributed by atoms with Crippen LogP contribution in [0.5, 0.6) is 0 Å². The van der Waals surface area contributed by atoms with Crippen LogP contribution in [0, 0.1) is 0 Å². The van der Waals surface area contributed by atoms with Crippen LogP contribution in [0.1, 0.15) is 36.9 Å². The van der Waals surface area contributed by atoms with Crippen LogP contribution in [0.4, 0.5) is 0 Å². The largest absolute Gasteiger partial charge is 0.364 e. The van der Waals surface area contributed by atoms with Gasteiger partial charge in [0.2, 0.25) is 11.8 Å². The van der Waals surface area contributed by atoms with Crippen LogP contribution >= 0.6 is 0 Å². The van der Waals surface area contributed by atoms with Crippen molar-refractivity contribution < 1.29 is 14.3 Å². The first-order valence-corrected chi connectivity index (χ1v) is 9.42. The van der Waals surface area contributed by atoms with Crippen molar-refractivity contribution in [3.05, 3.63) is 71.8 Å². The van der Waals surface area contributed by atoms with Gasteiger partial charge in [0.1, 0.15) is 6.10 Å². The lowest BCUT2D eigenvalue weighted by molar-refractivity contribution is -0.134. The third-order valence-electron chi connectivity index (χ3n) is 4.80. The van der Waals surface area contributed by atoms with E-state index in [1.165, 1.54) is 0 Å². The molecule has 0 aromatic heterocycles. The fourth-order valence-corrected chi connectivity index (χ4v) is 3.20. The topological polar surface area (TPSA) is 58.6 Å². The molecule has 2 aromatic carbocycles. The molecule has 1 fully saturated rings. The number of carbonyl (C=O) groups is 2. The van der Waals surface area contributed by atoms with Crippen LogP contribution in [0.15, 0.2) is 60.7 Å². The minimum absolute atomic E-state index is 0.151. The lowest BCUT2D eigenvalue weighted by Gasteiger charge is -2.26. The molecule has 2 atom stereocenters. The van der Waals surface area contributed by atoms with Crippen LogP contribution in [-0.2, 0) is 20.9 Å². The van der Waals surface area contributed by atoms with E-state index >= 15 is 0 Å². The molecule has 0 radical (unpaired) electrons. The summed E-state index contributed by atoms with van der Waals surface area (Å²) in [6, 6.07) is 19.3. The van der Waals surface area contributed by atoms with Crippen molar-refractivity contribution in [1.29, 1.82) is 0 Å². The first-order chi connectivity index (χ1) is 13.1. The Bertz CT molecular complexity index is 749. The van der Waals surface area contributed by atoms with Crippen molar-refractivity contribution in [2.75, 3.05) is 13.1 Å². The first-order valence-electron chi connectivity index (χ1n) is 9.42. The number of ether oxygens (including phenoxy) is 1. The van der Waals surface area contributed by atoms with Gasteiger partial charge in [-0.1, -0.05) is 60.7 Å². The second-order valence-corrected chi connectivity index (χ2v) is 6.85. The Hall–Kier alpha value is -2.66. The van der Waals surface area contributed by atoms with E-state index < -0.39 is 6.10 Å². The summed E-state index contributed by atoms with van der Waals surface area (Å²) < 4.78 is 5.73. The molecule has 0 spiro atoms. The van der Waals surface area contributed by atoms with E-state index in [-0.39, 0.29) is 17.9 Å². The van der Waals surface area contributed by atoms with Crippen LogP contribution in [0.3, 0.4) is 0 Å². The van der Waals surface area contributed by atoms with Gasteiger partial charge in [-0.25, -0.2) is 0 Å². The Morgan fingerprint density at radius 3 is 2.41 bits per heavy atom. The molecule has 0 saturated carbocycles. The molecular weight excluding hydrogens is 340 g/mol. The molecule has 1 heterocycles. The van der Waals surface area contributed by atoms with Gasteiger partial charge in [0.05, 0.1) is 12.6 Å². The average molecular weight is 366 g/mol. The number of amides is 2. The highest BCUT2D eigenvalue weighted by atomic mass is 16.5. The second-order valence-electron chi connectivity index (χ2n) is 6.85. The number of likely N-dealkylation sites (tertiary alicyclic amines) is 1. The van der Waals surface area contributed by atoms with Gasteiger partial charge in [0, 0.05) is 19.5 Å². The molecule has 1 N–H and O–H groups in total. The van der Waals surface area contributed by atoms with Gasteiger partial charge in [-0.15, -0.1) is 0 Å². The minimum atomic E-state index is -0.578. The summed E-state index contributed by atoms with van der Waals surface area (Å²) in [7, 11) is 0. The average Bonchev–Trinajstić information content (AvgIpc) is 3.11. The molecule has 27 heavy (non-hydrogen) atoms. The third-order valence-corrected chi connectivity index (χ3v) is 4.80. The van der Waals surface area contributed by atoms with E-state index in [9.17, 15) is 9.59 Å². The highest BCUT2D eigenvalue weighted by molar-refractivity contribution is 5.81. The first kappa shape index (κ1) is 19.1. The second kappa shape index (κ2) is 9.33. The number of nitrogens with one attached hydrogen (secondary N) is 1. The summed E-state index contributed by atoms with van der Waals surface area (Å²) in [4.78, 5) is 26.5. The maximum absolute atomic E-state index is 12.7. The molecule has 1 saturated heterocycles. The predicted molar refractivity (Wildman–Crippen MR) is 104 cm³/mol. The van der Waals surface area contributed by atoms with E-state index in [2.05, 4.69) is 5.32 Å². The summed E-state index contributed by atoms with van der Waals surface area (Å²) in [5.74, 6) is -0.0232. The summed E-state index contributed by atoms with van der Waals surface area (Å²) in [5, 5.41) is 3.06. The Balaban J connectivity index is 1.61. The van der Waals surface area contributed by atoms with E-state index in [1.54, 1.807) is 6.92 Å². The fraction of sp³-hybridized carbons (Fsp3) is 0.364. The Labute approximate surface area is 160 Å². The molecule has 142 valence electrons. The van der Waals surface area contributed by atoms with Gasteiger partial charge in [-0.05, 0) is 24.5 Å². The van der Waals surface area contributed by atoms with E-state index in [1.807, 2.05) is 65.6 Å². The number of rotatable bonds is 8. The van der Waals surface area contributed by atoms with E-state index in [0.717, 1.165) is 24.1 Å². The third kappa shape index (κ3) is 5.41. The molecule has 1 aliphatic rings. The van der Waals surface area contributed by atoms with Crippen LogP contribution < -0.4 is 5.32 Å². The van der Waals surface area contributed by atoms with Crippen molar-refractivity contribution >= 4 is 11.8 Å². The smallest absolute Gasteiger partial charge is 0.249 e. The molecule has 5 heteroatoms. The summed E-state index contributed by atoms with van der Waals surface area (Å²) >= 11 is 0. The number of benzene rings is 2. The zero-order valence-electron chi connectivity index (χ0n) is 15.6. The standard InChI is InChI=1S/C22H26N2O3/c1-17(27-16-18-9-4-2-5-10-18)22(26)23-20(19-11-6-3-7-12-19)15-24-14-8-13-21(24)25/h2-7,9-12,17,20H,8,13-16H2,1H3,(H,23,26)/t17-,20+/m0/s1. The molecule has 0 aliphatic carbocycles. The maximum atomic E-state index is 12.7. The van der Waals surface area contributed by atoms with Crippen LogP contribution in [0.25, 0.3) is 0 Å². The summed E-state index contributed by atoms with van der Waals surface area (Å²) in [6.07, 6.45) is 0.891. The van der Waals surface area contributed by atoms with Gasteiger partial charge < -0.3 is 15.0 Å². The van der Waals surface area contributed by atoms with Gasteiger partial charge in [-0.2, -0.15) is 0 Å². The lowest BCUT2D eigenvalue weighted by atomic mass is 10.1. The number of carbonyl (C=O) groups excluding carboxylic acids is 2. The SMILES string of the molecule is C[C@H](OCc1ccccc1)C(=O)N[C@H](CN1CCCC1=O)c1ccccc1. The van der Waals surface area contributed by atoms with Gasteiger partial charge >= 0.3 is 0 Å². The summed E-state index contributed by atoms with van der Waals surface area (Å²) in [6.45, 7) is 3.37. The van der Waals surface area contributed by atoms with Crippen molar-refractivity contribution in [2.45, 2.75) is 38.5 Å². The molecule has 2 aromatic rings. The molecule has 0 bridgehead atoms. The molecule has 0 unspecified atom stereocenters.